The molecule has 74 valence electrons. The zero-order chi connectivity index (χ0) is 10.1. The van der Waals surface area contributed by atoms with E-state index >= 15 is 0 Å². The van der Waals surface area contributed by atoms with Crippen LogP contribution in [0.3, 0.4) is 0 Å². The molecule has 0 amide bonds. The van der Waals surface area contributed by atoms with Gasteiger partial charge in [0.05, 0.1) is 17.5 Å². The van der Waals surface area contributed by atoms with E-state index < -0.39 is 0 Å². The average Bonchev–Trinajstić information content (AvgIpc) is 2.44. The molecule has 0 aliphatic rings. The van der Waals surface area contributed by atoms with Crippen LogP contribution in [0, 0.1) is 0 Å². The molecule has 2 aromatic rings. The van der Waals surface area contributed by atoms with E-state index in [-0.39, 0.29) is 12.5 Å². The lowest BCUT2D eigenvalue weighted by Gasteiger charge is -1.99. The molecule has 0 unspecified atom stereocenters. The summed E-state index contributed by atoms with van der Waals surface area (Å²) in [6.45, 7) is 0.322. The van der Waals surface area contributed by atoms with Gasteiger partial charge in [0.2, 0.25) is 5.88 Å². The van der Waals surface area contributed by atoms with Crippen LogP contribution in [0.5, 0.6) is 5.88 Å². The van der Waals surface area contributed by atoms with Crippen molar-refractivity contribution in [3.63, 3.8) is 0 Å². The summed E-state index contributed by atoms with van der Waals surface area (Å²) in [5, 5.41) is 19.5. The van der Waals surface area contributed by atoms with Crippen molar-refractivity contribution in [1.29, 1.82) is 0 Å². The predicted molar refractivity (Wildman–Crippen MR) is 53.5 cm³/mol. The fourth-order valence-corrected chi connectivity index (χ4v) is 1.53. The summed E-state index contributed by atoms with van der Waals surface area (Å²) in [7, 11) is 0. The molecule has 4 nitrogen and oxygen atoms in total. The molecule has 0 saturated carbocycles. The van der Waals surface area contributed by atoms with E-state index in [1.807, 2.05) is 0 Å². The van der Waals surface area contributed by atoms with E-state index in [0.29, 0.717) is 22.6 Å². The summed E-state index contributed by atoms with van der Waals surface area (Å²) < 4.78 is 1.54. The summed E-state index contributed by atoms with van der Waals surface area (Å²) in [4.78, 5) is 4.04. The van der Waals surface area contributed by atoms with Crippen LogP contribution in [0.25, 0.3) is 10.9 Å². The standard InChI is InChI=1S/C9H9ClN2O2/c10-8-2-1-6-7(11-8)5-12(3-4-13)9(6)14/h1-2,5,13-14H,3-4H2. The normalized spacial score (nSPS) is 11.0. The third-order valence-corrected chi connectivity index (χ3v) is 2.23. The molecule has 0 fully saturated rings. The van der Waals surface area contributed by atoms with Crippen LogP contribution in [0.15, 0.2) is 18.3 Å². The van der Waals surface area contributed by atoms with Gasteiger partial charge in [-0.05, 0) is 12.1 Å². The molecule has 2 heterocycles. The first-order valence-corrected chi connectivity index (χ1v) is 4.55. The number of halogens is 1. The molecule has 0 saturated heterocycles. The third-order valence-electron chi connectivity index (χ3n) is 2.02. The highest BCUT2D eigenvalue weighted by atomic mass is 35.5. The number of pyridine rings is 1. The topological polar surface area (TPSA) is 58.3 Å². The van der Waals surface area contributed by atoms with E-state index in [2.05, 4.69) is 4.98 Å². The van der Waals surface area contributed by atoms with Gasteiger partial charge in [-0.3, -0.25) is 0 Å². The van der Waals surface area contributed by atoms with Crippen molar-refractivity contribution in [2.24, 2.45) is 0 Å². The Morgan fingerprint density at radius 2 is 2.21 bits per heavy atom. The molecular formula is C9H9ClN2O2. The molecular weight excluding hydrogens is 204 g/mol. The molecule has 0 aromatic carbocycles. The molecule has 2 aromatic heterocycles. The summed E-state index contributed by atoms with van der Waals surface area (Å²) in [6, 6.07) is 3.32. The number of aliphatic hydroxyl groups excluding tert-OH is 1. The molecule has 2 rings (SSSR count). The van der Waals surface area contributed by atoms with Crippen LogP contribution in [-0.4, -0.2) is 26.4 Å². The number of hydrogen-bond acceptors (Lipinski definition) is 3. The monoisotopic (exact) mass is 212 g/mol. The van der Waals surface area contributed by atoms with Gasteiger partial charge in [-0.15, -0.1) is 0 Å². The Hall–Kier alpha value is -1.26. The van der Waals surface area contributed by atoms with E-state index in [9.17, 15) is 5.11 Å². The van der Waals surface area contributed by atoms with Gasteiger partial charge in [0.15, 0.2) is 0 Å². The van der Waals surface area contributed by atoms with Gasteiger partial charge >= 0.3 is 0 Å². The second-order valence-electron chi connectivity index (χ2n) is 2.94. The van der Waals surface area contributed by atoms with E-state index in [1.165, 1.54) is 4.57 Å². The molecule has 0 spiro atoms. The SMILES string of the molecule is OCCn1cc2nc(Cl)ccc2c1O. The fraction of sp³-hybridized carbons (Fsp3) is 0.222. The fourth-order valence-electron chi connectivity index (χ4n) is 1.38. The van der Waals surface area contributed by atoms with Crippen molar-refractivity contribution < 1.29 is 10.2 Å². The molecule has 0 atom stereocenters. The van der Waals surface area contributed by atoms with Crippen LogP contribution in [0.4, 0.5) is 0 Å². The van der Waals surface area contributed by atoms with Gasteiger partial charge in [0.1, 0.15) is 5.15 Å². The minimum atomic E-state index is -0.0255. The van der Waals surface area contributed by atoms with E-state index in [1.54, 1.807) is 18.3 Å². The maximum atomic E-state index is 9.68. The first-order valence-electron chi connectivity index (χ1n) is 4.17. The van der Waals surface area contributed by atoms with Gasteiger partial charge in [-0.1, -0.05) is 11.6 Å². The second kappa shape index (κ2) is 3.48. The number of rotatable bonds is 2. The Morgan fingerprint density at radius 1 is 1.43 bits per heavy atom. The number of hydrogen-bond donors (Lipinski definition) is 2. The summed E-state index contributed by atoms with van der Waals surface area (Å²) in [5.41, 5.74) is 0.628. The van der Waals surface area contributed by atoms with Gasteiger partial charge in [0, 0.05) is 12.7 Å². The predicted octanol–water partition coefficient (Wildman–Crippen LogP) is 1.39. The second-order valence-corrected chi connectivity index (χ2v) is 3.32. The maximum absolute atomic E-state index is 9.68. The maximum Gasteiger partial charge on any atom is 0.200 e. The van der Waals surface area contributed by atoms with Crippen molar-refractivity contribution in [2.45, 2.75) is 6.54 Å². The molecule has 5 heteroatoms. The smallest absolute Gasteiger partial charge is 0.200 e. The minimum absolute atomic E-state index is 0.0255. The van der Waals surface area contributed by atoms with Crippen LogP contribution in [-0.2, 0) is 6.54 Å². The van der Waals surface area contributed by atoms with Gasteiger partial charge < -0.3 is 14.8 Å². The summed E-state index contributed by atoms with van der Waals surface area (Å²) >= 11 is 5.71. The van der Waals surface area contributed by atoms with Crippen LogP contribution in [0.2, 0.25) is 5.15 Å². The molecule has 0 bridgehead atoms. The van der Waals surface area contributed by atoms with Crippen molar-refractivity contribution in [3.05, 3.63) is 23.5 Å². The van der Waals surface area contributed by atoms with Gasteiger partial charge in [0.25, 0.3) is 0 Å². The molecule has 0 radical (unpaired) electrons. The van der Waals surface area contributed by atoms with Crippen LogP contribution in [0.1, 0.15) is 0 Å². The highest BCUT2D eigenvalue weighted by Gasteiger charge is 2.08. The number of aliphatic hydroxyl groups is 1. The van der Waals surface area contributed by atoms with E-state index in [4.69, 9.17) is 16.7 Å². The van der Waals surface area contributed by atoms with Crippen molar-refractivity contribution in [1.82, 2.24) is 9.55 Å². The number of aromatic hydroxyl groups is 1. The van der Waals surface area contributed by atoms with Crippen molar-refractivity contribution in [2.75, 3.05) is 6.61 Å². The summed E-state index contributed by atoms with van der Waals surface area (Å²) in [6.07, 6.45) is 1.66. The first kappa shape index (κ1) is 9.30. The quantitative estimate of drug-likeness (QED) is 0.740. The largest absolute Gasteiger partial charge is 0.494 e. The Balaban J connectivity index is 2.61. The molecule has 0 aliphatic carbocycles. The lowest BCUT2D eigenvalue weighted by atomic mass is 10.3. The Labute approximate surface area is 85.4 Å². The number of fused-ring (bicyclic) bond motifs is 1. The zero-order valence-corrected chi connectivity index (χ0v) is 8.07. The number of aromatic nitrogens is 2. The first-order chi connectivity index (χ1) is 6.72. The Kier molecular flexibility index (Phi) is 2.31. The highest BCUT2D eigenvalue weighted by molar-refractivity contribution is 6.29. The lowest BCUT2D eigenvalue weighted by Crippen LogP contribution is -1.98. The lowest BCUT2D eigenvalue weighted by molar-refractivity contribution is 0.268. The average molecular weight is 213 g/mol. The van der Waals surface area contributed by atoms with Crippen LogP contribution < -0.4 is 0 Å². The highest BCUT2D eigenvalue weighted by Crippen LogP contribution is 2.26. The Bertz CT molecular complexity index is 467. The number of nitrogens with zero attached hydrogens (tertiary/aromatic N) is 2. The van der Waals surface area contributed by atoms with Gasteiger partial charge in [-0.25, -0.2) is 4.98 Å². The van der Waals surface area contributed by atoms with Crippen molar-refractivity contribution in [3.8, 4) is 5.88 Å². The molecule has 14 heavy (non-hydrogen) atoms. The van der Waals surface area contributed by atoms with E-state index in [0.717, 1.165) is 0 Å². The third kappa shape index (κ3) is 1.42. The zero-order valence-electron chi connectivity index (χ0n) is 7.31. The summed E-state index contributed by atoms with van der Waals surface area (Å²) in [5.74, 6) is 0.109. The van der Waals surface area contributed by atoms with Gasteiger partial charge in [-0.2, -0.15) is 0 Å². The van der Waals surface area contributed by atoms with Crippen molar-refractivity contribution >= 4 is 22.5 Å². The minimum Gasteiger partial charge on any atom is -0.494 e. The molecule has 0 aliphatic heterocycles. The molecule has 2 N–H and O–H groups in total. The Morgan fingerprint density at radius 3 is 2.93 bits per heavy atom. The van der Waals surface area contributed by atoms with Crippen LogP contribution >= 0.6 is 11.6 Å².